The van der Waals surface area contributed by atoms with Gasteiger partial charge in [0.2, 0.25) is 10.0 Å². The molecule has 0 aliphatic heterocycles. The van der Waals surface area contributed by atoms with Gasteiger partial charge in [-0.05, 0) is 19.4 Å². The molecule has 0 amide bonds. The predicted molar refractivity (Wildman–Crippen MR) is 79.5 cm³/mol. The number of unbranched alkanes of at least 4 members (excludes halogenated alkanes) is 1. The van der Waals surface area contributed by atoms with Crippen LogP contribution in [0.4, 0.5) is 0 Å². The smallest absolute Gasteiger partial charge is 0.242 e. The van der Waals surface area contributed by atoms with Gasteiger partial charge in [0, 0.05) is 24.0 Å². The molecule has 5 nitrogen and oxygen atoms in total. The molecule has 1 unspecified atom stereocenters. The molecule has 0 saturated carbocycles. The summed E-state index contributed by atoms with van der Waals surface area (Å²) in [7, 11) is -3.55. The van der Waals surface area contributed by atoms with Gasteiger partial charge in [0.05, 0.1) is 6.54 Å². The molecule has 0 spiro atoms. The fraction of sp³-hybridized carbons (Fsp3) is 0.500. The van der Waals surface area contributed by atoms with Crippen molar-refractivity contribution in [2.75, 3.05) is 6.54 Å². The van der Waals surface area contributed by atoms with Crippen LogP contribution in [0.1, 0.15) is 38.7 Å². The zero-order valence-corrected chi connectivity index (χ0v) is 12.7. The molecule has 0 aromatic carbocycles. The summed E-state index contributed by atoms with van der Waals surface area (Å²) in [6, 6.07) is 1.41. The van der Waals surface area contributed by atoms with Gasteiger partial charge in [0.15, 0.2) is 0 Å². The van der Waals surface area contributed by atoms with Crippen molar-refractivity contribution >= 4 is 10.0 Å². The van der Waals surface area contributed by atoms with Crippen molar-refractivity contribution in [2.45, 2.75) is 44.0 Å². The minimum absolute atomic E-state index is 0.0984. The molecule has 0 fully saturated rings. The Bertz CT molecular complexity index is 588. The van der Waals surface area contributed by atoms with E-state index in [0.29, 0.717) is 5.56 Å². The summed E-state index contributed by atoms with van der Waals surface area (Å²) < 4.78 is 27.1. The second-order valence-corrected chi connectivity index (χ2v) is 6.29. The van der Waals surface area contributed by atoms with Gasteiger partial charge in [-0.3, -0.25) is 4.98 Å². The average Bonchev–Trinajstić information content (AvgIpc) is 2.42. The van der Waals surface area contributed by atoms with E-state index in [0.717, 1.165) is 19.3 Å². The number of aromatic nitrogens is 1. The average molecular weight is 295 g/mol. The Labute approximate surface area is 121 Å². The molecule has 3 N–H and O–H groups in total. The number of sulfonamides is 1. The molecular formula is C14H21N3O2S. The Kier molecular flexibility index (Phi) is 6.65. The van der Waals surface area contributed by atoms with Crippen molar-refractivity contribution in [3.05, 3.63) is 24.0 Å². The molecule has 1 aromatic heterocycles. The van der Waals surface area contributed by atoms with Gasteiger partial charge in [0.1, 0.15) is 4.90 Å². The maximum atomic E-state index is 12.2. The molecule has 0 bridgehead atoms. The van der Waals surface area contributed by atoms with Gasteiger partial charge in [-0.2, -0.15) is 0 Å². The van der Waals surface area contributed by atoms with Crippen molar-refractivity contribution in [3.8, 4) is 11.8 Å². The van der Waals surface area contributed by atoms with Crippen LogP contribution in [0.25, 0.3) is 0 Å². The molecule has 0 radical (unpaired) electrons. The fourth-order valence-electron chi connectivity index (χ4n) is 1.69. The minimum atomic E-state index is -3.55. The van der Waals surface area contributed by atoms with E-state index in [1.54, 1.807) is 0 Å². The van der Waals surface area contributed by atoms with E-state index < -0.39 is 10.0 Å². The third kappa shape index (κ3) is 5.29. The zero-order valence-electron chi connectivity index (χ0n) is 11.9. The highest BCUT2D eigenvalue weighted by Crippen LogP contribution is 2.11. The first kappa shape index (κ1) is 16.6. The SMILES string of the molecule is CCCCC(C)NS(=O)(=O)c1cncc(C#CCN)c1. The van der Waals surface area contributed by atoms with E-state index in [1.807, 2.05) is 6.92 Å². The number of nitrogens with one attached hydrogen (secondary N) is 1. The number of hydrogen-bond acceptors (Lipinski definition) is 4. The van der Waals surface area contributed by atoms with Crippen LogP contribution in [0.2, 0.25) is 0 Å². The number of hydrogen-bond donors (Lipinski definition) is 2. The second-order valence-electron chi connectivity index (χ2n) is 4.58. The monoisotopic (exact) mass is 295 g/mol. The summed E-state index contributed by atoms with van der Waals surface area (Å²) in [4.78, 5) is 4.04. The van der Waals surface area contributed by atoms with E-state index in [1.165, 1.54) is 18.5 Å². The summed E-state index contributed by atoms with van der Waals surface area (Å²) >= 11 is 0. The van der Waals surface area contributed by atoms with Gasteiger partial charge >= 0.3 is 0 Å². The van der Waals surface area contributed by atoms with Crippen LogP contribution in [0, 0.1) is 11.8 Å². The number of rotatable bonds is 6. The van der Waals surface area contributed by atoms with Gasteiger partial charge in [-0.25, -0.2) is 13.1 Å². The molecule has 1 heterocycles. The Morgan fingerprint density at radius 1 is 1.45 bits per heavy atom. The van der Waals surface area contributed by atoms with E-state index >= 15 is 0 Å². The third-order valence-corrected chi connectivity index (χ3v) is 4.26. The molecule has 110 valence electrons. The van der Waals surface area contributed by atoms with Gasteiger partial charge in [0.25, 0.3) is 0 Å². The normalized spacial score (nSPS) is 12.6. The van der Waals surface area contributed by atoms with Gasteiger partial charge in [-0.1, -0.05) is 31.6 Å². The van der Waals surface area contributed by atoms with Crippen LogP contribution in [0.15, 0.2) is 23.4 Å². The highest BCUT2D eigenvalue weighted by molar-refractivity contribution is 7.89. The molecule has 0 saturated heterocycles. The van der Waals surface area contributed by atoms with Crippen LogP contribution < -0.4 is 10.5 Å². The molecule has 0 aliphatic carbocycles. The summed E-state index contributed by atoms with van der Waals surface area (Å²) in [5, 5.41) is 0. The first-order chi connectivity index (χ1) is 9.49. The number of nitrogens with zero attached hydrogens (tertiary/aromatic N) is 1. The highest BCUT2D eigenvalue weighted by atomic mass is 32.2. The first-order valence-electron chi connectivity index (χ1n) is 6.66. The molecule has 1 atom stereocenters. The molecule has 6 heteroatoms. The van der Waals surface area contributed by atoms with Crippen molar-refractivity contribution in [1.82, 2.24) is 9.71 Å². The largest absolute Gasteiger partial charge is 0.320 e. The summed E-state index contributed by atoms with van der Waals surface area (Å²) in [5.74, 6) is 5.45. The van der Waals surface area contributed by atoms with Crippen molar-refractivity contribution < 1.29 is 8.42 Å². The van der Waals surface area contributed by atoms with Crippen LogP contribution in [0.5, 0.6) is 0 Å². The summed E-state index contributed by atoms with van der Waals surface area (Å²) in [6.07, 6.45) is 5.68. The van der Waals surface area contributed by atoms with Gasteiger partial charge < -0.3 is 5.73 Å². The lowest BCUT2D eigenvalue weighted by molar-refractivity contribution is 0.534. The van der Waals surface area contributed by atoms with Crippen LogP contribution in [-0.4, -0.2) is 26.0 Å². The lowest BCUT2D eigenvalue weighted by Crippen LogP contribution is -2.32. The first-order valence-corrected chi connectivity index (χ1v) is 8.14. The topological polar surface area (TPSA) is 85.1 Å². The van der Waals surface area contributed by atoms with Crippen LogP contribution >= 0.6 is 0 Å². The van der Waals surface area contributed by atoms with E-state index in [2.05, 4.69) is 28.5 Å². The number of nitrogens with two attached hydrogens (primary N) is 1. The zero-order chi connectivity index (χ0) is 15.0. The Balaban J connectivity index is 2.87. The summed E-state index contributed by atoms with van der Waals surface area (Å²) in [6.45, 7) is 4.16. The third-order valence-electron chi connectivity index (χ3n) is 2.71. The maximum Gasteiger partial charge on any atom is 0.242 e. The quantitative estimate of drug-likeness (QED) is 0.773. The molecule has 1 rings (SSSR count). The van der Waals surface area contributed by atoms with Crippen LogP contribution in [-0.2, 0) is 10.0 Å². The molecule has 20 heavy (non-hydrogen) atoms. The van der Waals surface area contributed by atoms with Gasteiger partial charge in [-0.15, -0.1) is 0 Å². The van der Waals surface area contributed by atoms with E-state index in [4.69, 9.17) is 5.73 Å². The second kappa shape index (κ2) is 8.00. The minimum Gasteiger partial charge on any atom is -0.320 e. The van der Waals surface area contributed by atoms with E-state index in [-0.39, 0.29) is 17.5 Å². The lowest BCUT2D eigenvalue weighted by Gasteiger charge is -2.13. The molecule has 1 aromatic rings. The van der Waals surface area contributed by atoms with Crippen LogP contribution in [0.3, 0.4) is 0 Å². The van der Waals surface area contributed by atoms with Crippen molar-refractivity contribution in [3.63, 3.8) is 0 Å². The predicted octanol–water partition coefficient (Wildman–Crippen LogP) is 1.25. The van der Waals surface area contributed by atoms with Crippen molar-refractivity contribution in [1.29, 1.82) is 0 Å². The fourth-order valence-corrected chi connectivity index (χ4v) is 2.95. The lowest BCUT2D eigenvalue weighted by atomic mass is 10.2. The Morgan fingerprint density at radius 2 is 2.20 bits per heavy atom. The maximum absolute atomic E-state index is 12.2. The summed E-state index contributed by atoms with van der Waals surface area (Å²) in [5.41, 5.74) is 5.83. The Hall–Kier alpha value is -1.42. The highest BCUT2D eigenvalue weighted by Gasteiger charge is 2.17. The van der Waals surface area contributed by atoms with E-state index in [9.17, 15) is 8.42 Å². The number of pyridine rings is 1. The standard InChI is InChI=1S/C14H21N3O2S/c1-3-4-6-12(2)17-20(18,19)14-9-13(7-5-8-15)10-16-11-14/h9-12,17H,3-4,6,8,15H2,1-2H3. The van der Waals surface area contributed by atoms with Crippen molar-refractivity contribution in [2.24, 2.45) is 5.73 Å². The molecule has 0 aliphatic rings. The molecular weight excluding hydrogens is 274 g/mol. The Morgan fingerprint density at radius 3 is 2.85 bits per heavy atom.